The molecule has 9 atom stereocenters. The van der Waals surface area contributed by atoms with Gasteiger partial charge in [-0.3, -0.25) is 23.2 Å². The maximum Gasteiger partial charge on any atom is 0.472 e. The van der Waals surface area contributed by atoms with Crippen LogP contribution in [0.25, 0.3) is 0 Å². The second kappa shape index (κ2) is 38.4. The topological polar surface area (TPSA) is 276 Å². The van der Waals surface area contributed by atoms with Crippen LogP contribution in [0.15, 0.2) is 109 Å². The normalized spacial score (nSPS) is 22.7. The fourth-order valence-corrected chi connectivity index (χ4v) is 7.80. The minimum atomic E-state index is -5.40. The Bertz CT molecular complexity index is 1750. The molecule has 0 heterocycles. The van der Waals surface area contributed by atoms with Crippen LogP contribution in [0.3, 0.4) is 0 Å². The Morgan fingerprint density at radius 2 is 1.06 bits per heavy atom. The highest BCUT2D eigenvalue weighted by Gasteiger charge is 2.54. The van der Waals surface area contributed by atoms with Gasteiger partial charge in [0.2, 0.25) is 0 Å². The summed E-state index contributed by atoms with van der Waals surface area (Å²) in [5.41, 5.74) is 0. The standard InChI is InChI=1S/C49H78O17P2/c1-3-5-7-9-11-13-15-17-19-21-22-24-26-28-30-32-34-40(50)36-37-42(51)62-38-41(64-43(52)35-33-31-29-27-25-23-20-18-16-14-12-10-8-6-4-2)39-63-68(60,61)66-49-46(55)44(53)45(54)48(47(49)56)65-67(57,58)59/h5,7,11-14,17-20,22,24-25,27-28,30,32,34,40-41,44-50,53-56H,3-4,6,8-10,15-16,21,23,26,29,31,33,35-39H2,1-2H3,(H,60,61)(H2,57,58,59)/b7-5-,13-11-,14-12-,19-17-,20-18-,24-22-,27-25-,30-28-,34-32-/t40?,41-,44?,45?,46?,47?,48-,49+/m1/s1. The Hall–Kier alpha value is -3.38. The Balaban J connectivity index is 2.73. The third kappa shape index (κ3) is 32.4. The van der Waals surface area contributed by atoms with E-state index in [1.165, 1.54) is 25.3 Å². The van der Waals surface area contributed by atoms with Gasteiger partial charge in [0.15, 0.2) is 6.10 Å². The predicted octanol–water partition coefficient (Wildman–Crippen LogP) is 7.92. The van der Waals surface area contributed by atoms with E-state index in [-0.39, 0.29) is 19.3 Å². The van der Waals surface area contributed by atoms with Crippen LogP contribution in [0.2, 0.25) is 0 Å². The van der Waals surface area contributed by atoms with Crippen LogP contribution >= 0.6 is 15.6 Å². The highest BCUT2D eigenvalue weighted by Crippen LogP contribution is 2.49. The van der Waals surface area contributed by atoms with Gasteiger partial charge in [-0.25, -0.2) is 9.13 Å². The minimum absolute atomic E-state index is 0.0126. The number of esters is 2. The smallest absolute Gasteiger partial charge is 0.462 e. The van der Waals surface area contributed by atoms with Crippen LogP contribution in [0.1, 0.15) is 123 Å². The first-order valence-electron chi connectivity index (χ1n) is 23.5. The molecule has 1 saturated carbocycles. The van der Waals surface area contributed by atoms with Crippen LogP contribution in [0.4, 0.5) is 0 Å². The Morgan fingerprint density at radius 3 is 1.59 bits per heavy atom. The summed E-state index contributed by atoms with van der Waals surface area (Å²) >= 11 is 0. The van der Waals surface area contributed by atoms with Crippen molar-refractivity contribution in [2.75, 3.05) is 13.2 Å². The van der Waals surface area contributed by atoms with Gasteiger partial charge in [0, 0.05) is 12.8 Å². The monoisotopic (exact) mass is 1000 g/mol. The summed E-state index contributed by atoms with van der Waals surface area (Å²) in [6, 6.07) is 0. The molecule has 1 fully saturated rings. The number of rotatable bonds is 37. The SMILES string of the molecule is CC/C=C\C/C=C\C/C=C\C/C=C\C/C=C\C=C/C(O)CCC(=O)OC[C@H](COP(=O)(O)O[C@H]1C(O)C(O)C(O)[C@@H](OP(=O)(O)O)C1O)OC(=O)CCCC/C=C\C/C=C\C/C=C\CCCCC. The van der Waals surface area contributed by atoms with Gasteiger partial charge >= 0.3 is 27.6 Å². The van der Waals surface area contributed by atoms with Gasteiger partial charge in [-0.05, 0) is 83.5 Å². The van der Waals surface area contributed by atoms with Crippen molar-refractivity contribution < 1.29 is 82.0 Å². The van der Waals surface area contributed by atoms with Crippen LogP contribution in [-0.4, -0.2) is 114 Å². The predicted molar refractivity (Wildman–Crippen MR) is 261 cm³/mol. The van der Waals surface area contributed by atoms with E-state index < -0.39 is 89.6 Å². The fourth-order valence-electron chi connectivity index (χ4n) is 6.26. The van der Waals surface area contributed by atoms with Crippen molar-refractivity contribution >= 4 is 27.6 Å². The van der Waals surface area contributed by atoms with Crippen molar-refractivity contribution in [2.24, 2.45) is 0 Å². The lowest BCUT2D eigenvalue weighted by Gasteiger charge is -2.43. The molecule has 6 unspecified atom stereocenters. The van der Waals surface area contributed by atoms with Crippen molar-refractivity contribution in [1.29, 1.82) is 0 Å². The molecule has 0 aliphatic heterocycles. The number of aliphatic hydroxyl groups is 5. The summed E-state index contributed by atoms with van der Waals surface area (Å²) in [5.74, 6) is -1.55. The lowest BCUT2D eigenvalue weighted by molar-refractivity contribution is -0.216. The molecule has 0 aromatic heterocycles. The van der Waals surface area contributed by atoms with Crippen molar-refractivity contribution in [1.82, 2.24) is 0 Å². The Morgan fingerprint density at radius 1 is 0.559 bits per heavy atom. The molecule has 17 nitrogen and oxygen atoms in total. The zero-order chi connectivity index (χ0) is 50.5. The number of ether oxygens (including phenoxy) is 2. The highest BCUT2D eigenvalue weighted by atomic mass is 31.2. The maximum atomic E-state index is 13.0. The van der Waals surface area contributed by atoms with E-state index in [4.69, 9.17) is 18.5 Å². The first-order chi connectivity index (χ1) is 32.5. The number of carbonyl (C=O) groups excluding carboxylic acids is 2. The third-order valence-corrected chi connectivity index (χ3v) is 11.5. The molecule has 68 heavy (non-hydrogen) atoms. The number of phosphoric acid groups is 2. The van der Waals surface area contributed by atoms with E-state index in [2.05, 4.69) is 85.2 Å². The van der Waals surface area contributed by atoms with E-state index in [9.17, 15) is 58.9 Å². The number of allylic oxidation sites excluding steroid dienone is 17. The zero-order valence-electron chi connectivity index (χ0n) is 39.6. The number of hydrogen-bond acceptors (Lipinski definition) is 14. The lowest BCUT2D eigenvalue weighted by Crippen LogP contribution is -2.64. The first-order valence-corrected chi connectivity index (χ1v) is 26.6. The van der Waals surface area contributed by atoms with E-state index >= 15 is 0 Å². The lowest BCUT2D eigenvalue weighted by atomic mass is 9.85. The molecule has 0 spiro atoms. The molecule has 1 rings (SSSR count). The van der Waals surface area contributed by atoms with Gasteiger partial charge in [0.05, 0.1) is 12.7 Å². The van der Waals surface area contributed by atoms with E-state index in [1.54, 1.807) is 12.2 Å². The number of aliphatic hydroxyl groups excluding tert-OH is 5. The molecule has 8 N–H and O–H groups in total. The molecule has 19 heteroatoms. The Labute approximate surface area is 402 Å². The van der Waals surface area contributed by atoms with Gasteiger partial charge in [-0.2, -0.15) is 0 Å². The molecule has 0 aromatic carbocycles. The van der Waals surface area contributed by atoms with Crippen molar-refractivity contribution in [3.63, 3.8) is 0 Å². The van der Waals surface area contributed by atoms with Crippen molar-refractivity contribution in [2.45, 2.75) is 172 Å². The average Bonchev–Trinajstić information content (AvgIpc) is 3.29. The molecule has 0 radical (unpaired) electrons. The number of carbonyl (C=O) groups is 2. The van der Waals surface area contributed by atoms with Crippen LogP contribution in [0, 0.1) is 0 Å². The van der Waals surface area contributed by atoms with Gasteiger partial charge in [0.1, 0.15) is 43.2 Å². The molecule has 0 bridgehead atoms. The second-order valence-electron chi connectivity index (χ2n) is 15.9. The summed E-state index contributed by atoms with van der Waals surface area (Å²) in [5, 5.41) is 51.6. The van der Waals surface area contributed by atoms with Gasteiger partial charge < -0.3 is 49.7 Å². The second-order valence-corrected chi connectivity index (χ2v) is 18.5. The largest absolute Gasteiger partial charge is 0.472 e. The quantitative estimate of drug-likeness (QED) is 0.00965. The molecular formula is C49H78O17P2. The van der Waals surface area contributed by atoms with Gasteiger partial charge in [0.25, 0.3) is 0 Å². The Kier molecular flexibility index (Phi) is 35.4. The summed E-state index contributed by atoms with van der Waals surface area (Å²) < 4.78 is 49.1. The molecular weight excluding hydrogens is 922 g/mol. The molecule has 1 aliphatic carbocycles. The van der Waals surface area contributed by atoms with E-state index in [0.717, 1.165) is 44.9 Å². The number of unbranched alkanes of at least 4 members (excludes halogenated alkanes) is 5. The summed E-state index contributed by atoms with van der Waals surface area (Å²) in [6.07, 6.45) is 32.3. The zero-order valence-corrected chi connectivity index (χ0v) is 41.4. The number of hydrogen-bond donors (Lipinski definition) is 8. The highest BCUT2D eigenvalue weighted by molar-refractivity contribution is 7.47. The molecule has 0 saturated heterocycles. The summed E-state index contributed by atoms with van der Waals surface area (Å²) in [4.78, 5) is 54.3. The average molecular weight is 1000 g/mol. The van der Waals surface area contributed by atoms with Crippen molar-refractivity contribution in [3.8, 4) is 0 Å². The van der Waals surface area contributed by atoms with Crippen LogP contribution < -0.4 is 0 Å². The first kappa shape index (κ1) is 62.6. The summed E-state index contributed by atoms with van der Waals surface area (Å²) in [6.45, 7) is 2.70. The minimum Gasteiger partial charge on any atom is -0.462 e. The molecule has 0 aromatic rings. The van der Waals surface area contributed by atoms with Gasteiger partial charge in [-0.15, -0.1) is 0 Å². The van der Waals surface area contributed by atoms with Gasteiger partial charge in [-0.1, -0.05) is 136 Å². The fraction of sp³-hybridized carbons (Fsp3) is 0.592. The summed E-state index contributed by atoms with van der Waals surface area (Å²) in [7, 11) is -10.8. The molecule has 1 aliphatic rings. The maximum absolute atomic E-state index is 13.0. The van der Waals surface area contributed by atoms with E-state index in [1.807, 2.05) is 24.3 Å². The third-order valence-electron chi connectivity index (χ3n) is 9.95. The van der Waals surface area contributed by atoms with Crippen molar-refractivity contribution in [3.05, 3.63) is 109 Å². The van der Waals surface area contributed by atoms with Crippen LogP contribution in [-0.2, 0) is 41.8 Å². The number of phosphoric ester groups is 2. The van der Waals surface area contributed by atoms with Crippen LogP contribution in [0.5, 0.6) is 0 Å². The molecule has 386 valence electrons. The molecule has 0 amide bonds. The van der Waals surface area contributed by atoms with E-state index in [0.29, 0.717) is 25.7 Å².